The fourth-order valence-corrected chi connectivity index (χ4v) is 2.72. The number of benzene rings is 2. The second kappa shape index (κ2) is 7.55. The molecule has 0 bridgehead atoms. The molecule has 1 N–H and O–H groups in total. The van der Waals surface area contributed by atoms with E-state index in [0.29, 0.717) is 15.7 Å². The van der Waals surface area contributed by atoms with E-state index in [2.05, 4.69) is 10.4 Å². The van der Waals surface area contributed by atoms with Crippen molar-refractivity contribution < 1.29 is 9.72 Å². The molecule has 0 radical (unpaired) electrons. The van der Waals surface area contributed by atoms with Crippen molar-refractivity contribution in [1.29, 1.82) is 0 Å². The van der Waals surface area contributed by atoms with Crippen molar-refractivity contribution in [2.45, 2.75) is 6.54 Å². The van der Waals surface area contributed by atoms with E-state index in [-0.39, 0.29) is 23.8 Å². The molecule has 132 valence electrons. The number of amides is 1. The van der Waals surface area contributed by atoms with E-state index in [9.17, 15) is 14.9 Å². The summed E-state index contributed by atoms with van der Waals surface area (Å²) in [6, 6.07) is 12.5. The number of carbonyl (C=O) groups excluding carboxylic acids is 1. The molecule has 0 spiro atoms. The summed E-state index contributed by atoms with van der Waals surface area (Å²) < 4.78 is 1.47. The van der Waals surface area contributed by atoms with Crippen molar-refractivity contribution in [2.75, 3.05) is 0 Å². The maximum atomic E-state index is 12.2. The van der Waals surface area contributed by atoms with Crippen LogP contribution in [0, 0.1) is 10.1 Å². The fourth-order valence-electron chi connectivity index (χ4n) is 2.25. The van der Waals surface area contributed by atoms with E-state index in [1.807, 2.05) is 0 Å². The fraction of sp³-hybridized carbons (Fsp3) is 0.0588. The summed E-state index contributed by atoms with van der Waals surface area (Å²) >= 11 is 11.9. The molecular weight excluding hydrogens is 379 g/mol. The van der Waals surface area contributed by atoms with Crippen LogP contribution in [-0.2, 0) is 6.54 Å². The van der Waals surface area contributed by atoms with Crippen LogP contribution in [0.25, 0.3) is 5.69 Å². The molecule has 9 heteroatoms. The van der Waals surface area contributed by atoms with Gasteiger partial charge in [0.1, 0.15) is 0 Å². The smallest absolute Gasteiger partial charge is 0.272 e. The normalized spacial score (nSPS) is 10.5. The molecule has 0 aliphatic carbocycles. The highest BCUT2D eigenvalue weighted by Gasteiger charge is 2.12. The molecule has 1 heterocycles. The Morgan fingerprint density at radius 2 is 1.88 bits per heavy atom. The van der Waals surface area contributed by atoms with Gasteiger partial charge in [-0.3, -0.25) is 14.9 Å². The molecule has 0 fully saturated rings. The van der Waals surface area contributed by atoms with E-state index >= 15 is 0 Å². The van der Waals surface area contributed by atoms with E-state index < -0.39 is 4.92 Å². The van der Waals surface area contributed by atoms with Crippen LogP contribution in [0.1, 0.15) is 16.1 Å². The van der Waals surface area contributed by atoms with Gasteiger partial charge in [0.25, 0.3) is 11.6 Å². The Hall–Kier alpha value is -2.90. The van der Waals surface area contributed by atoms with E-state index in [4.69, 9.17) is 23.2 Å². The van der Waals surface area contributed by atoms with E-state index in [1.165, 1.54) is 16.8 Å². The number of nitrogens with one attached hydrogen (secondary N) is 1. The van der Waals surface area contributed by atoms with Crippen molar-refractivity contribution in [2.24, 2.45) is 0 Å². The first-order valence-electron chi connectivity index (χ1n) is 7.46. The van der Waals surface area contributed by atoms with Crippen molar-refractivity contribution in [3.63, 3.8) is 0 Å². The van der Waals surface area contributed by atoms with Crippen LogP contribution < -0.4 is 5.32 Å². The van der Waals surface area contributed by atoms with Crippen molar-refractivity contribution in [3.8, 4) is 5.69 Å². The minimum Gasteiger partial charge on any atom is -0.347 e. The minimum atomic E-state index is -0.479. The molecule has 0 saturated heterocycles. The molecule has 2 aromatic carbocycles. The first-order valence-corrected chi connectivity index (χ1v) is 8.22. The van der Waals surface area contributed by atoms with Gasteiger partial charge in [0.2, 0.25) is 0 Å². The summed E-state index contributed by atoms with van der Waals surface area (Å²) in [6.07, 6.45) is 1.60. The van der Waals surface area contributed by atoms with Gasteiger partial charge < -0.3 is 5.32 Å². The second-order valence-electron chi connectivity index (χ2n) is 5.34. The third kappa shape index (κ3) is 4.01. The Kier molecular flexibility index (Phi) is 5.20. The lowest BCUT2D eigenvalue weighted by atomic mass is 10.2. The van der Waals surface area contributed by atoms with Gasteiger partial charge in [-0.05, 0) is 35.9 Å². The average Bonchev–Trinajstić information content (AvgIpc) is 3.11. The number of non-ortho nitro benzene ring substituents is 1. The predicted octanol–water partition coefficient (Wildman–Crippen LogP) is 4.02. The number of nitro benzene ring substituents is 1. The highest BCUT2D eigenvalue weighted by molar-refractivity contribution is 6.35. The zero-order valence-corrected chi connectivity index (χ0v) is 14.7. The molecule has 0 unspecified atom stereocenters. The Labute approximate surface area is 158 Å². The Morgan fingerprint density at radius 3 is 2.54 bits per heavy atom. The molecule has 0 aliphatic heterocycles. The van der Waals surface area contributed by atoms with Crippen LogP contribution in [0.3, 0.4) is 0 Å². The second-order valence-corrected chi connectivity index (χ2v) is 6.18. The number of carbonyl (C=O) groups is 1. The van der Waals surface area contributed by atoms with E-state index in [0.717, 1.165) is 5.56 Å². The summed E-state index contributed by atoms with van der Waals surface area (Å²) in [6.45, 7) is 0.235. The zero-order valence-electron chi connectivity index (χ0n) is 13.2. The summed E-state index contributed by atoms with van der Waals surface area (Å²) in [7, 11) is 0. The molecule has 26 heavy (non-hydrogen) atoms. The average molecular weight is 391 g/mol. The zero-order chi connectivity index (χ0) is 18.7. The summed E-state index contributed by atoms with van der Waals surface area (Å²) in [4.78, 5) is 22.4. The lowest BCUT2D eigenvalue weighted by Crippen LogP contribution is -2.23. The van der Waals surface area contributed by atoms with Gasteiger partial charge in [-0.25, -0.2) is 4.68 Å². The summed E-state index contributed by atoms with van der Waals surface area (Å²) in [5, 5.41) is 18.6. The maximum absolute atomic E-state index is 12.2. The molecule has 7 nitrogen and oxygen atoms in total. The number of halogens is 2. The number of nitro groups is 1. The quantitative estimate of drug-likeness (QED) is 0.526. The summed E-state index contributed by atoms with van der Waals surface area (Å²) in [5.74, 6) is -0.364. The van der Waals surface area contributed by atoms with E-state index in [1.54, 1.807) is 42.6 Å². The van der Waals surface area contributed by atoms with Crippen LogP contribution in [0.4, 0.5) is 5.69 Å². The monoisotopic (exact) mass is 390 g/mol. The van der Waals surface area contributed by atoms with Crippen LogP contribution in [0.2, 0.25) is 10.0 Å². The molecular formula is C17H12Cl2N4O3. The SMILES string of the molecule is O=C(NCc1ccc(Cl)cc1Cl)c1ccn(-c2ccc([N+](=O)[O-])cc2)n1. The number of hydrogen-bond acceptors (Lipinski definition) is 4. The van der Waals surface area contributed by atoms with Gasteiger partial charge in [-0.15, -0.1) is 0 Å². The van der Waals surface area contributed by atoms with Gasteiger partial charge in [-0.1, -0.05) is 29.3 Å². The number of rotatable bonds is 5. The Balaban J connectivity index is 1.68. The van der Waals surface area contributed by atoms with Gasteiger partial charge in [0.05, 0.1) is 10.6 Å². The first-order chi connectivity index (χ1) is 12.4. The molecule has 1 amide bonds. The lowest BCUT2D eigenvalue weighted by Gasteiger charge is -2.06. The van der Waals surface area contributed by atoms with Gasteiger partial charge in [0, 0.05) is 34.9 Å². The molecule has 3 rings (SSSR count). The third-order valence-electron chi connectivity index (χ3n) is 3.60. The standard InChI is InChI=1S/C17H12Cl2N4O3/c18-12-2-1-11(15(19)9-12)10-20-17(24)16-7-8-22(21-16)13-3-5-14(6-4-13)23(25)26/h1-9H,10H2,(H,20,24). The molecule has 1 aromatic heterocycles. The Morgan fingerprint density at radius 1 is 1.15 bits per heavy atom. The van der Waals surface area contributed by atoms with Crippen LogP contribution in [0.5, 0.6) is 0 Å². The molecule has 3 aromatic rings. The van der Waals surface area contributed by atoms with Gasteiger partial charge in [0.15, 0.2) is 5.69 Å². The first kappa shape index (κ1) is 17.9. The highest BCUT2D eigenvalue weighted by atomic mass is 35.5. The molecule has 0 saturated carbocycles. The van der Waals surface area contributed by atoms with Crippen LogP contribution in [-0.4, -0.2) is 20.6 Å². The van der Waals surface area contributed by atoms with Gasteiger partial charge >= 0.3 is 0 Å². The van der Waals surface area contributed by atoms with Crippen molar-refractivity contribution in [3.05, 3.63) is 86.1 Å². The maximum Gasteiger partial charge on any atom is 0.272 e. The Bertz CT molecular complexity index is 970. The largest absolute Gasteiger partial charge is 0.347 e. The number of hydrogen-bond donors (Lipinski definition) is 1. The van der Waals surface area contributed by atoms with Crippen LogP contribution >= 0.6 is 23.2 Å². The minimum absolute atomic E-state index is 0.0151. The van der Waals surface area contributed by atoms with Crippen molar-refractivity contribution >= 4 is 34.8 Å². The highest BCUT2D eigenvalue weighted by Crippen LogP contribution is 2.21. The van der Waals surface area contributed by atoms with Crippen molar-refractivity contribution in [1.82, 2.24) is 15.1 Å². The molecule has 0 atom stereocenters. The predicted molar refractivity (Wildman–Crippen MR) is 97.9 cm³/mol. The number of aromatic nitrogens is 2. The summed E-state index contributed by atoms with van der Waals surface area (Å²) in [5.41, 5.74) is 1.54. The third-order valence-corrected chi connectivity index (χ3v) is 4.19. The topological polar surface area (TPSA) is 90.1 Å². The lowest BCUT2D eigenvalue weighted by molar-refractivity contribution is -0.384. The molecule has 0 aliphatic rings. The number of nitrogens with zero attached hydrogens (tertiary/aromatic N) is 3. The van der Waals surface area contributed by atoms with Crippen LogP contribution in [0.15, 0.2) is 54.7 Å². The van der Waals surface area contributed by atoms with Gasteiger partial charge in [-0.2, -0.15) is 5.10 Å².